The van der Waals surface area contributed by atoms with E-state index in [0.717, 1.165) is 18.5 Å². The zero-order valence-electron chi connectivity index (χ0n) is 12.8. The molecule has 4 nitrogen and oxygen atoms in total. The lowest BCUT2D eigenvalue weighted by Gasteiger charge is -2.37. The first kappa shape index (κ1) is 15.8. The molecule has 2 rings (SSSR count). The van der Waals surface area contributed by atoms with E-state index in [1.165, 1.54) is 6.07 Å². The number of anilines is 1. The monoisotopic (exact) mass is 293 g/mol. The van der Waals surface area contributed by atoms with Crippen molar-refractivity contribution in [2.24, 2.45) is 0 Å². The highest BCUT2D eigenvalue weighted by Gasteiger charge is 2.30. The molecular formula is C16H24FN3O. The Labute approximate surface area is 125 Å². The van der Waals surface area contributed by atoms with E-state index in [2.05, 4.69) is 17.6 Å². The van der Waals surface area contributed by atoms with Crippen molar-refractivity contribution in [1.82, 2.24) is 10.6 Å². The SMILES string of the molecule is CCCNCc1cccc(F)c1N1CCNC(=O)C1CC. The second kappa shape index (κ2) is 7.41. The van der Waals surface area contributed by atoms with Crippen LogP contribution < -0.4 is 15.5 Å². The van der Waals surface area contributed by atoms with Gasteiger partial charge in [-0.3, -0.25) is 4.79 Å². The van der Waals surface area contributed by atoms with Gasteiger partial charge in [-0.15, -0.1) is 0 Å². The second-order valence-corrected chi connectivity index (χ2v) is 5.33. The molecule has 1 saturated heterocycles. The molecule has 0 aromatic heterocycles. The predicted molar refractivity (Wildman–Crippen MR) is 82.8 cm³/mol. The lowest BCUT2D eigenvalue weighted by atomic mass is 10.0. The molecule has 1 amide bonds. The summed E-state index contributed by atoms with van der Waals surface area (Å²) in [5.41, 5.74) is 1.49. The largest absolute Gasteiger partial charge is 0.355 e. The Balaban J connectivity index is 2.29. The zero-order chi connectivity index (χ0) is 15.2. The van der Waals surface area contributed by atoms with Crippen LogP contribution in [0.15, 0.2) is 18.2 Å². The van der Waals surface area contributed by atoms with Crippen LogP contribution in [0, 0.1) is 5.82 Å². The highest BCUT2D eigenvalue weighted by Crippen LogP contribution is 2.28. The van der Waals surface area contributed by atoms with Gasteiger partial charge >= 0.3 is 0 Å². The highest BCUT2D eigenvalue weighted by atomic mass is 19.1. The van der Waals surface area contributed by atoms with Gasteiger partial charge in [-0.1, -0.05) is 26.0 Å². The summed E-state index contributed by atoms with van der Waals surface area (Å²) >= 11 is 0. The van der Waals surface area contributed by atoms with Crippen molar-refractivity contribution >= 4 is 11.6 Å². The van der Waals surface area contributed by atoms with Gasteiger partial charge in [-0.2, -0.15) is 0 Å². The van der Waals surface area contributed by atoms with Crippen LogP contribution in [0.25, 0.3) is 0 Å². The van der Waals surface area contributed by atoms with E-state index >= 15 is 0 Å². The average Bonchev–Trinajstić information content (AvgIpc) is 2.47. The Morgan fingerprint density at radius 2 is 2.24 bits per heavy atom. The number of benzene rings is 1. The Bertz CT molecular complexity index is 492. The summed E-state index contributed by atoms with van der Waals surface area (Å²) in [6, 6.07) is 4.84. The summed E-state index contributed by atoms with van der Waals surface area (Å²) in [5, 5.41) is 6.16. The number of halogens is 1. The van der Waals surface area contributed by atoms with Gasteiger partial charge in [-0.05, 0) is 31.0 Å². The Morgan fingerprint density at radius 3 is 2.95 bits per heavy atom. The fraction of sp³-hybridized carbons (Fsp3) is 0.562. The summed E-state index contributed by atoms with van der Waals surface area (Å²) in [6.07, 6.45) is 1.70. The lowest BCUT2D eigenvalue weighted by Crippen LogP contribution is -2.55. The third kappa shape index (κ3) is 3.53. The minimum Gasteiger partial charge on any atom is -0.355 e. The zero-order valence-corrected chi connectivity index (χ0v) is 12.8. The van der Waals surface area contributed by atoms with E-state index in [1.807, 2.05) is 17.9 Å². The molecule has 2 N–H and O–H groups in total. The lowest BCUT2D eigenvalue weighted by molar-refractivity contribution is -0.123. The molecule has 0 spiro atoms. The first-order chi connectivity index (χ1) is 10.2. The van der Waals surface area contributed by atoms with Crippen LogP contribution >= 0.6 is 0 Å². The number of nitrogens with one attached hydrogen (secondary N) is 2. The first-order valence-corrected chi connectivity index (χ1v) is 7.71. The maximum atomic E-state index is 14.4. The Kier molecular flexibility index (Phi) is 5.56. The number of rotatable bonds is 6. The highest BCUT2D eigenvalue weighted by molar-refractivity contribution is 5.86. The number of para-hydroxylation sites is 1. The molecule has 1 aliphatic rings. The molecular weight excluding hydrogens is 269 g/mol. The molecule has 21 heavy (non-hydrogen) atoms. The normalized spacial score (nSPS) is 18.7. The number of hydrogen-bond donors (Lipinski definition) is 2. The van der Waals surface area contributed by atoms with Crippen LogP contribution in [0.1, 0.15) is 32.3 Å². The number of nitrogens with zero attached hydrogens (tertiary/aromatic N) is 1. The van der Waals surface area contributed by atoms with Crippen LogP contribution in [-0.2, 0) is 11.3 Å². The quantitative estimate of drug-likeness (QED) is 0.789. The standard InChI is InChI=1S/C16H24FN3O/c1-3-8-18-11-12-6-5-7-13(17)15(12)20-10-9-19-16(21)14(20)4-2/h5-7,14,18H,3-4,8-11H2,1-2H3,(H,19,21). The van der Waals surface area contributed by atoms with Crippen molar-refractivity contribution in [3.63, 3.8) is 0 Å². The van der Waals surface area contributed by atoms with Gasteiger partial charge in [0, 0.05) is 19.6 Å². The molecule has 1 aromatic rings. The molecule has 1 unspecified atom stereocenters. The molecule has 0 radical (unpaired) electrons. The second-order valence-electron chi connectivity index (χ2n) is 5.33. The predicted octanol–water partition coefficient (Wildman–Crippen LogP) is 2.04. The van der Waals surface area contributed by atoms with Gasteiger partial charge in [0.1, 0.15) is 11.9 Å². The summed E-state index contributed by atoms with van der Waals surface area (Å²) in [5.74, 6) is -0.265. The number of carbonyl (C=O) groups excluding carboxylic acids is 1. The molecule has 0 aliphatic carbocycles. The molecule has 0 bridgehead atoms. The molecule has 0 saturated carbocycles. The number of piperazine rings is 1. The van der Waals surface area contributed by atoms with Crippen LogP contribution in [0.4, 0.5) is 10.1 Å². The molecule has 1 fully saturated rings. The summed E-state index contributed by atoms with van der Waals surface area (Å²) in [6.45, 7) is 6.78. The minimum atomic E-state index is -0.291. The molecule has 5 heteroatoms. The molecule has 1 aromatic carbocycles. The third-order valence-electron chi connectivity index (χ3n) is 3.82. The first-order valence-electron chi connectivity index (χ1n) is 7.71. The molecule has 1 heterocycles. The number of carbonyl (C=O) groups is 1. The molecule has 1 atom stereocenters. The van der Waals surface area contributed by atoms with Crippen molar-refractivity contribution in [3.8, 4) is 0 Å². The maximum absolute atomic E-state index is 14.4. The van der Waals surface area contributed by atoms with Gasteiger partial charge in [0.25, 0.3) is 0 Å². The number of amides is 1. The van der Waals surface area contributed by atoms with Crippen molar-refractivity contribution in [2.45, 2.75) is 39.3 Å². The van der Waals surface area contributed by atoms with Gasteiger partial charge in [0.05, 0.1) is 5.69 Å². The van der Waals surface area contributed by atoms with E-state index in [-0.39, 0.29) is 17.8 Å². The van der Waals surface area contributed by atoms with Crippen molar-refractivity contribution in [1.29, 1.82) is 0 Å². The van der Waals surface area contributed by atoms with Crippen molar-refractivity contribution < 1.29 is 9.18 Å². The van der Waals surface area contributed by atoms with E-state index in [9.17, 15) is 9.18 Å². The summed E-state index contributed by atoms with van der Waals surface area (Å²) in [7, 11) is 0. The average molecular weight is 293 g/mol. The Morgan fingerprint density at radius 1 is 1.43 bits per heavy atom. The van der Waals surface area contributed by atoms with E-state index < -0.39 is 0 Å². The summed E-state index contributed by atoms with van der Waals surface area (Å²) < 4.78 is 14.4. The third-order valence-corrected chi connectivity index (χ3v) is 3.82. The topological polar surface area (TPSA) is 44.4 Å². The fourth-order valence-electron chi connectivity index (χ4n) is 2.81. The van der Waals surface area contributed by atoms with Crippen LogP contribution in [-0.4, -0.2) is 31.6 Å². The van der Waals surface area contributed by atoms with Crippen molar-refractivity contribution in [2.75, 3.05) is 24.5 Å². The number of hydrogen-bond acceptors (Lipinski definition) is 3. The van der Waals surface area contributed by atoms with Gasteiger partial charge in [0.2, 0.25) is 5.91 Å². The van der Waals surface area contributed by atoms with Gasteiger partial charge < -0.3 is 15.5 Å². The van der Waals surface area contributed by atoms with Crippen LogP contribution in [0.5, 0.6) is 0 Å². The van der Waals surface area contributed by atoms with E-state index in [0.29, 0.717) is 31.7 Å². The van der Waals surface area contributed by atoms with E-state index in [4.69, 9.17) is 0 Å². The summed E-state index contributed by atoms with van der Waals surface area (Å²) in [4.78, 5) is 13.9. The maximum Gasteiger partial charge on any atom is 0.242 e. The fourth-order valence-corrected chi connectivity index (χ4v) is 2.81. The smallest absolute Gasteiger partial charge is 0.242 e. The molecule has 1 aliphatic heterocycles. The van der Waals surface area contributed by atoms with Gasteiger partial charge in [-0.25, -0.2) is 4.39 Å². The van der Waals surface area contributed by atoms with Crippen LogP contribution in [0.3, 0.4) is 0 Å². The van der Waals surface area contributed by atoms with E-state index in [1.54, 1.807) is 6.07 Å². The Hall–Kier alpha value is -1.62. The minimum absolute atomic E-state index is 0.0144. The molecule has 116 valence electrons. The van der Waals surface area contributed by atoms with Crippen LogP contribution in [0.2, 0.25) is 0 Å². The van der Waals surface area contributed by atoms with Crippen molar-refractivity contribution in [3.05, 3.63) is 29.6 Å². The van der Waals surface area contributed by atoms with Gasteiger partial charge in [0.15, 0.2) is 0 Å².